The minimum absolute atomic E-state index is 0.694. The third-order valence-electron chi connectivity index (χ3n) is 1.94. The number of nitrogens with two attached hydrogens (primary N) is 1. The van der Waals surface area contributed by atoms with Gasteiger partial charge < -0.3 is 5.73 Å². The van der Waals surface area contributed by atoms with E-state index in [4.69, 9.17) is 5.73 Å². The first-order chi connectivity index (χ1) is 6.77. The minimum Gasteiger partial charge on any atom is -0.397 e. The fraction of sp³-hybridized carbons (Fsp3) is 0. The van der Waals surface area contributed by atoms with Gasteiger partial charge in [-0.3, -0.25) is 0 Å². The second-order valence-corrected chi connectivity index (χ2v) is 3.75. The van der Waals surface area contributed by atoms with Crippen LogP contribution in [0.2, 0.25) is 0 Å². The normalized spacial score (nSPS) is 10.1. The summed E-state index contributed by atoms with van der Waals surface area (Å²) in [7, 11) is 0. The molecule has 0 atom stereocenters. The van der Waals surface area contributed by atoms with Gasteiger partial charge in [0, 0.05) is 5.56 Å². The van der Waals surface area contributed by atoms with Crippen LogP contribution in [0.3, 0.4) is 0 Å². The van der Waals surface area contributed by atoms with Gasteiger partial charge in [0.25, 0.3) is 0 Å². The highest BCUT2D eigenvalue weighted by Crippen LogP contribution is 2.24. The lowest BCUT2D eigenvalue weighted by Gasteiger charge is -2.04. The molecule has 2 nitrogen and oxygen atoms in total. The summed E-state index contributed by atoms with van der Waals surface area (Å²) in [5.41, 5.74) is 8.39. The van der Waals surface area contributed by atoms with Crippen molar-refractivity contribution >= 4 is 21.6 Å². The molecule has 0 radical (unpaired) electrons. The highest BCUT2D eigenvalue weighted by molar-refractivity contribution is 9.10. The van der Waals surface area contributed by atoms with Crippen molar-refractivity contribution in [3.63, 3.8) is 0 Å². The molecule has 14 heavy (non-hydrogen) atoms. The zero-order valence-electron chi connectivity index (χ0n) is 7.44. The summed E-state index contributed by atoms with van der Waals surface area (Å²) in [5, 5.41) is 0. The maximum Gasteiger partial charge on any atom is 0.106 e. The Morgan fingerprint density at radius 1 is 1.00 bits per heavy atom. The lowest BCUT2D eigenvalue weighted by Crippen LogP contribution is -1.93. The molecule has 1 aromatic heterocycles. The molecule has 3 heteroatoms. The van der Waals surface area contributed by atoms with Crippen molar-refractivity contribution in [3.8, 4) is 11.3 Å². The molecule has 0 amide bonds. The Hall–Kier alpha value is -1.35. The van der Waals surface area contributed by atoms with Gasteiger partial charge in [-0.1, -0.05) is 30.3 Å². The van der Waals surface area contributed by atoms with Gasteiger partial charge >= 0.3 is 0 Å². The van der Waals surface area contributed by atoms with Crippen LogP contribution in [0.5, 0.6) is 0 Å². The Kier molecular flexibility index (Phi) is 2.50. The van der Waals surface area contributed by atoms with Gasteiger partial charge in [0.1, 0.15) is 4.60 Å². The Morgan fingerprint density at radius 2 is 1.71 bits per heavy atom. The Morgan fingerprint density at radius 3 is 2.43 bits per heavy atom. The van der Waals surface area contributed by atoms with E-state index >= 15 is 0 Å². The highest BCUT2D eigenvalue weighted by atomic mass is 79.9. The van der Waals surface area contributed by atoms with Crippen molar-refractivity contribution in [2.75, 3.05) is 5.73 Å². The molecular weight excluding hydrogens is 240 g/mol. The molecule has 0 spiro atoms. The van der Waals surface area contributed by atoms with Crippen LogP contribution in [-0.4, -0.2) is 4.98 Å². The van der Waals surface area contributed by atoms with Crippen LogP contribution < -0.4 is 5.73 Å². The largest absolute Gasteiger partial charge is 0.397 e. The standard InChI is InChI=1S/C11H9BrN2/c12-10-7-6-9(13)11(14-10)8-4-2-1-3-5-8/h1-7H,13H2. The van der Waals surface area contributed by atoms with Crippen LogP contribution in [0.25, 0.3) is 11.3 Å². The molecule has 1 heterocycles. The average molecular weight is 249 g/mol. The van der Waals surface area contributed by atoms with Crippen LogP contribution in [0, 0.1) is 0 Å². The summed E-state index contributed by atoms with van der Waals surface area (Å²) < 4.78 is 0.797. The summed E-state index contributed by atoms with van der Waals surface area (Å²) in [5.74, 6) is 0. The molecule has 0 bridgehead atoms. The summed E-state index contributed by atoms with van der Waals surface area (Å²) in [4.78, 5) is 4.33. The number of anilines is 1. The van der Waals surface area contributed by atoms with Crippen molar-refractivity contribution in [2.45, 2.75) is 0 Å². The number of nitrogens with zero attached hydrogens (tertiary/aromatic N) is 1. The van der Waals surface area contributed by atoms with Gasteiger partial charge in [-0.15, -0.1) is 0 Å². The van der Waals surface area contributed by atoms with Gasteiger partial charge in [-0.25, -0.2) is 4.98 Å². The lowest BCUT2D eigenvalue weighted by atomic mass is 10.1. The number of rotatable bonds is 1. The molecule has 0 saturated carbocycles. The van der Waals surface area contributed by atoms with E-state index in [2.05, 4.69) is 20.9 Å². The molecule has 2 aromatic rings. The molecule has 0 aliphatic rings. The zero-order valence-corrected chi connectivity index (χ0v) is 9.03. The monoisotopic (exact) mass is 248 g/mol. The van der Waals surface area contributed by atoms with Crippen molar-refractivity contribution in [3.05, 3.63) is 47.1 Å². The zero-order chi connectivity index (χ0) is 9.97. The van der Waals surface area contributed by atoms with Gasteiger partial charge in [0.2, 0.25) is 0 Å². The van der Waals surface area contributed by atoms with Crippen LogP contribution in [0.1, 0.15) is 0 Å². The number of halogens is 1. The summed E-state index contributed by atoms with van der Waals surface area (Å²) in [6, 6.07) is 13.6. The van der Waals surface area contributed by atoms with Crippen LogP contribution in [0.15, 0.2) is 47.1 Å². The third-order valence-corrected chi connectivity index (χ3v) is 2.38. The average Bonchev–Trinajstić information content (AvgIpc) is 2.23. The van der Waals surface area contributed by atoms with E-state index in [1.807, 2.05) is 42.5 Å². The van der Waals surface area contributed by atoms with Gasteiger partial charge in [-0.2, -0.15) is 0 Å². The molecule has 1 aromatic carbocycles. The molecule has 2 rings (SSSR count). The molecule has 2 N–H and O–H groups in total. The number of pyridine rings is 1. The van der Waals surface area contributed by atoms with Crippen LogP contribution >= 0.6 is 15.9 Å². The fourth-order valence-corrected chi connectivity index (χ4v) is 1.58. The van der Waals surface area contributed by atoms with Gasteiger partial charge in [-0.05, 0) is 28.1 Å². The highest BCUT2D eigenvalue weighted by Gasteiger charge is 2.03. The van der Waals surface area contributed by atoms with E-state index in [0.717, 1.165) is 15.9 Å². The van der Waals surface area contributed by atoms with E-state index in [0.29, 0.717) is 5.69 Å². The molecule has 0 aliphatic carbocycles. The predicted octanol–water partition coefficient (Wildman–Crippen LogP) is 3.09. The van der Waals surface area contributed by atoms with E-state index in [-0.39, 0.29) is 0 Å². The molecule has 0 fully saturated rings. The van der Waals surface area contributed by atoms with E-state index in [9.17, 15) is 0 Å². The topological polar surface area (TPSA) is 38.9 Å². The van der Waals surface area contributed by atoms with Crippen molar-refractivity contribution in [1.29, 1.82) is 0 Å². The van der Waals surface area contributed by atoms with Gasteiger partial charge in [0.05, 0.1) is 11.4 Å². The SMILES string of the molecule is Nc1ccc(Br)nc1-c1ccccc1. The predicted molar refractivity (Wildman–Crippen MR) is 61.8 cm³/mol. The first-order valence-corrected chi connectivity index (χ1v) is 5.04. The quantitative estimate of drug-likeness (QED) is 0.788. The lowest BCUT2D eigenvalue weighted by molar-refractivity contribution is 1.28. The van der Waals surface area contributed by atoms with Crippen LogP contribution in [-0.2, 0) is 0 Å². The maximum atomic E-state index is 5.84. The first-order valence-electron chi connectivity index (χ1n) is 4.25. The maximum absolute atomic E-state index is 5.84. The number of hydrogen-bond donors (Lipinski definition) is 1. The Labute approximate surface area is 90.9 Å². The molecule has 70 valence electrons. The number of hydrogen-bond acceptors (Lipinski definition) is 2. The van der Waals surface area contributed by atoms with Gasteiger partial charge in [0.15, 0.2) is 0 Å². The molecular formula is C11H9BrN2. The number of nitrogen functional groups attached to an aromatic ring is 1. The smallest absolute Gasteiger partial charge is 0.106 e. The second kappa shape index (κ2) is 3.80. The van der Waals surface area contributed by atoms with Crippen LogP contribution in [0.4, 0.5) is 5.69 Å². The van der Waals surface area contributed by atoms with E-state index in [1.165, 1.54) is 0 Å². The van der Waals surface area contributed by atoms with Crippen molar-refractivity contribution in [1.82, 2.24) is 4.98 Å². The summed E-state index contributed by atoms with van der Waals surface area (Å²) in [6.07, 6.45) is 0. The number of benzene rings is 1. The third kappa shape index (κ3) is 1.77. The Balaban J connectivity index is 2.57. The van der Waals surface area contributed by atoms with Crippen molar-refractivity contribution < 1.29 is 0 Å². The first kappa shape index (κ1) is 9.21. The van der Waals surface area contributed by atoms with Crippen molar-refractivity contribution in [2.24, 2.45) is 0 Å². The Bertz CT molecular complexity index is 440. The second-order valence-electron chi connectivity index (χ2n) is 2.94. The molecule has 0 unspecified atom stereocenters. The minimum atomic E-state index is 0.694. The summed E-state index contributed by atoms with van der Waals surface area (Å²) in [6.45, 7) is 0. The fourth-order valence-electron chi connectivity index (χ4n) is 1.27. The summed E-state index contributed by atoms with van der Waals surface area (Å²) >= 11 is 3.33. The van der Waals surface area contributed by atoms with E-state index in [1.54, 1.807) is 0 Å². The van der Waals surface area contributed by atoms with E-state index < -0.39 is 0 Å². The number of aromatic nitrogens is 1. The molecule has 0 saturated heterocycles. The molecule has 0 aliphatic heterocycles.